The van der Waals surface area contributed by atoms with Gasteiger partial charge in [-0.3, -0.25) is 0 Å². The molecule has 0 amide bonds. The Hall–Kier alpha value is -6.36. The summed E-state index contributed by atoms with van der Waals surface area (Å²) in [5, 5.41) is 5.09. The van der Waals surface area contributed by atoms with E-state index >= 15 is 0 Å². The zero-order valence-corrected chi connectivity index (χ0v) is 27.7. The summed E-state index contributed by atoms with van der Waals surface area (Å²) in [6.07, 6.45) is 0. The summed E-state index contributed by atoms with van der Waals surface area (Å²) in [6.45, 7) is 0. The van der Waals surface area contributed by atoms with Gasteiger partial charge in [-0.2, -0.15) is 0 Å². The van der Waals surface area contributed by atoms with Crippen molar-refractivity contribution in [1.29, 1.82) is 0 Å². The maximum absolute atomic E-state index is 5.33. The van der Waals surface area contributed by atoms with Gasteiger partial charge in [-0.25, -0.2) is 9.97 Å². The van der Waals surface area contributed by atoms with Crippen LogP contribution in [-0.2, 0) is 0 Å². The summed E-state index contributed by atoms with van der Waals surface area (Å²) < 4.78 is 5.11. The molecule has 1 aliphatic rings. The van der Waals surface area contributed by atoms with E-state index in [1.165, 1.54) is 64.4 Å². The van der Waals surface area contributed by atoms with Gasteiger partial charge in [-0.1, -0.05) is 146 Å². The van der Waals surface area contributed by atoms with Gasteiger partial charge in [0.2, 0.25) is 0 Å². The first-order valence-electron chi connectivity index (χ1n) is 16.9. The molecule has 0 N–H and O–H groups in total. The van der Waals surface area contributed by atoms with Crippen LogP contribution in [0.4, 0.5) is 0 Å². The fourth-order valence-corrected chi connectivity index (χ4v) is 9.24. The van der Waals surface area contributed by atoms with E-state index in [1.54, 1.807) is 0 Å². The van der Waals surface area contributed by atoms with E-state index in [0.717, 1.165) is 33.6 Å². The zero-order chi connectivity index (χ0) is 32.8. The van der Waals surface area contributed by atoms with Crippen LogP contribution in [0.2, 0.25) is 0 Å². The lowest BCUT2D eigenvalue weighted by molar-refractivity contribution is 1.18. The molecule has 10 aromatic rings. The van der Waals surface area contributed by atoms with Crippen molar-refractivity contribution in [3.63, 3.8) is 0 Å². The molecule has 0 saturated carbocycles. The van der Waals surface area contributed by atoms with Gasteiger partial charge in [-0.05, 0) is 23.8 Å². The number of thiophene rings is 1. The molecule has 0 bridgehead atoms. The Labute approximate surface area is 292 Å². The fourth-order valence-electron chi connectivity index (χ4n) is 8.00. The van der Waals surface area contributed by atoms with Crippen LogP contribution < -0.4 is 0 Å². The molecule has 0 radical (unpaired) electrons. The third kappa shape index (κ3) is 3.91. The molecule has 232 valence electrons. The largest absolute Gasteiger partial charge is 0.307 e. The fraction of sp³-hybridized carbons (Fsp3) is 0. The van der Waals surface area contributed by atoms with Gasteiger partial charge < -0.3 is 4.57 Å². The van der Waals surface area contributed by atoms with E-state index in [9.17, 15) is 0 Å². The van der Waals surface area contributed by atoms with Crippen LogP contribution in [-0.4, -0.2) is 14.5 Å². The first kappa shape index (κ1) is 27.6. The molecule has 11 rings (SSSR count). The Balaban J connectivity index is 1.30. The minimum Gasteiger partial charge on any atom is -0.307 e. The standard InChI is InChI=1S/C46H27N3S/c1-3-13-28(14-4-1)38-27-39(29-15-5-2-6-16-29)48-46(47-38)37-22-11-19-32-34-21-12-20-33-30-17-7-9-23-40(30)49(43(33)34)44-36(42(32)37)26-25-35-31-18-8-10-24-41(31)50-45(35)44/h1-27H. The minimum absolute atomic E-state index is 0.716. The number of nitrogens with zero attached hydrogens (tertiary/aromatic N) is 3. The van der Waals surface area contributed by atoms with Gasteiger partial charge in [0.05, 0.1) is 32.8 Å². The molecule has 3 nitrogen and oxygen atoms in total. The van der Waals surface area contributed by atoms with E-state index in [1.807, 2.05) is 23.5 Å². The van der Waals surface area contributed by atoms with Crippen molar-refractivity contribution in [3.8, 4) is 61.8 Å². The highest BCUT2D eigenvalue weighted by atomic mass is 32.1. The summed E-state index contributed by atoms with van der Waals surface area (Å²) >= 11 is 1.88. The Kier molecular flexibility index (Phi) is 5.83. The van der Waals surface area contributed by atoms with Gasteiger partial charge in [0.1, 0.15) is 0 Å². The van der Waals surface area contributed by atoms with Gasteiger partial charge >= 0.3 is 0 Å². The quantitative estimate of drug-likeness (QED) is 0.190. The van der Waals surface area contributed by atoms with E-state index in [-0.39, 0.29) is 0 Å². The smallest absolute Gasteiger partial charge is 0.161 e. The number of fused-ring (bicyclic) bond motifs is 12. The van der Waals surface area contributed by atoms with E-state index < -0.39 is 0 Å². The molecule has 0 atom stereocenters. The van der Waals surface area contributed by atoms with Crippen LogP contribution in [0.1, 0.15) is 0 Å². The highest BCUT2D eigenvalue weighted by Crippen LogP contribution is 2.52. The summed E-state index contributed by atoms with van der Waals surface area (Å²) in [6, 6.07) is 58.7. The zero-order valence-electron chi connectivity index (χ0n) is 26.8. The van der Waals surface area contributed by atoms with Crippen molar-refractivity contribution in [3.05, 3.63) is 164 Å². The average Bonchev–Trinajstić information content (AvgIpc) is 3.70. The Morgan fingerprint density at radius 2 is 1.06 bits per heavy atom. The third-order valence-corrected chi connectivity index (χ3v) is 11.4. The summed E-state index contributed by atoms with van der Waals surface area (Å²) in [4.78, 5) is 10.7. The van der Waals surface area contributed by atoms with Crippen molar-refractivity contribution in [2.24, 2.45) is 0 Å². The van der Waals surface area contributed by atoms with Gasteiger partial charge in [0.15, 0.2) is 5.82 Å². The normalized spacial score (nSPS) is 12.0. The lowest BCUT2D eigenvalue weighted by Crippen LogP contribution is -1.99. The molecule has 0 aliphatic carbocycles. The topological polar surface area (TPSA) is 30.7 Å². The molecule has 50 heavy (non-hydrogen) atoms. The van der Waals surface area contributed by atoms with Crippen molar-refractivity contribution in [2.75, 3.05) is 0 Å². The highest BCUT2D eigenvalue weighted by Gasteiger charge is 2.29. The van der Waals surface area contributed by atoms with Crippen LogP contribution in [0.15, 0.2) is 164 Å². The number of hydrogen-bond donors (Lipinski definition) is 0. The average molecular weight is 654 g/mol. The molecular formula is C46H27N3S. The molecule has 1 aliphatic heterocycles. The summed E-state index contributed by atoms with van der Waals surface area (Å²) in [7, 11) is 0. The lowest BCUT2D eigenvalue weighted by atomic mass is 9.89. The predicted molar refractivity (Wildman–Crippen MR) is 210 cm³/mol. The van der Waals surface area contributed by atoms with Gasteiger partial charge in [0, 0.05) is 59.6 Å². The summed E-state index contributed by atoms with van der Waals surface area (Å²) in [5.74, 6) is 0.716. The SMILES string of the molecule is c1ccc(-c2cc(-c3ccccc3)nc(-c3cccc4c3-c3ccc5c(sc6ccccc65)c3-n3c5ccccc5c5cccc-4c53)n2)cc1. The van der Waals surface area contributed by atoms with Crippen molar-refractivity contribution >= 4 is 53.3 Å². The Morgan fingerprint density at radius 3 is 1.84 bits per heavy atom. The van der Waals surface area contributed by atoms with Crippen LogP contribution in [0.25, 0.3) is 104 Å². The van der Waals surface area contributed by atoms with Gasteiger partial charge in [0.25, 0.3) is 0 Å². The minimum atomic E-state index is 0.716. The molecule has 4 heterocycles. The van der Waals surface area contributed by atoms with Gasteiger partial charge in [-0.15, -0.1) is 11.3 Å². The first-order chi connectivity index (χ1) is 24.8. The lowest BCUT2D eigenvalue weighted by Gasteiger charge is -2.18. The van der Waals surface area contributed by atoms with Crippen molar-refractivity contribution in [1.82, 2.24) is 14.5 Å². The Morgan fingerprint density at radius 1 is 0.440 bits per heavy atom. The second-order valence-corrected chi connectivity index (χ2v) is 14.0. The molecule has 4 heteroatoms. The Bertz CT molecular complexity index is 2910. The number of benzene rings is 7. The maximum Gasteiger partial charge on any atom is 0.161 e. The molecule has 0 fully saturated rings. The van der Waals surface area contributed by atoms with Crippen molar-refractivity contribution in [2.45, 2.75) is 0 Å². The predicted octanol–water partition coefficient (Wildman–Crippen LogP) is 12.6. The molecule has 0 spiro atoms. The molecule has 7 aromatic carbocycles. The van der Waals surface area contributed by atoms with E-state index in [4.69, 9.17) is 9.97 Å². The second-order valence-electron chi connectivity index (χ2n) is 12.9. The highest BCUT2D eigenvalue weighted by molar-refractivity contribution is 7.26. The third-order valence-electron chi connectivity index (χ3n) is 10.2. The van der Waals surface area contributed by atoms with Crippen LogP contribution in [0.5, 0.6) is 0 Å². The maximum atomic E-state index is 5.33. The van der Waals surface area contributed by atoms with Crippen LogP contribution in [0.3, 0.4) is 0 Å². The van der Waals surface area contributed by atoms with Crippen molar-refractivity contribution < 1.29 is 0 Å². The summed E-state index contributed by atoms with van der Waals surface area (Å²) in [5.41, 5.74) is 13.4. The van der Waals surface area contributed by atoms with Crippen LogP contribution in [0, 0.1) is 0 Å². The van der Waals surface area contributed by atoms with Crippen LogP contribution >= 0.6 is 11.3 Å². The monoisotopic (exact) mass is 653 g/mol. The van der Waals surface area contributed by atoms with E-state index in [2.05, 4.69) is 156 Å². The van der Waals surface area contributed by atoms with E-state index in [0.29, 0.717) is 5.82 Å². The molecule has 0 saturated heterocycles. The molecule has 0 unspecified atom stereocenters. The number of hydrogen-bond acceptors (Lipinski definition) is 3. The molecule has 3 aromatic heterocycles. The first-order valence-corrected chi connectivity index (χ1v) is 17.7. The number of rotatable bonds is 3. The second kappa shape index (κ2) is 10.6. The molecular weight excluding hydrogens is 627 g/mol. The number of aromatic nitrogens is 3. The number of para-hydroxylation sites is 2.